The lowest BCUT2D eigenvalue weighted by Gasteiger charge is -2.02. The molecule has 0 atom stereocenters. The van der Waals surface area contributed by atoms with Crippen LogP contribution in [0.5, 0.6) is 5.75 Å². The molecule has 0 radical (unpaired) electrons. The standard InChI is InChI=1S/C29H19N3O4/c30-16-17-35-24-13-10-20(11-14-24)26(33)15-12-22-19-32(23-7-2-1-3-8-23)31-28(22)25-18-21-6-4-5-9-27(21)36-29(25)34/h1-15,18-19H,17H2/b15-12+. The third-order valence-electron chi connectivity index (χ3n) is 5.52. The van der Waals surface area contributed by atoms with Crippen LogP contribution in [0.15, 0.2) is 106 Å². The van der Waals surface area contributed by atoms with Gasteiger partial charge in [0.25, 0.3) is 0 Å². The number of aromatic nitrogens is 2. The largest absolute Gasteiger partial charge is 0.479 e. The van der Waals surface area contributed by atoms with E-state index in [-0.39, 0.29) is 12.4 Å². The van der Waals surface area contributed by atoms with Crippen molar-refractivity contribution < 1.29 is 13.9 Å². The molecule has 5 aromatic rings. The number of carbonyl (C=O) groups excluding carboxylic acids is 1. The molecular formula is C29H19N3O4. The van der Waals surface area contributed by atoms with E-state index in [2.05, 4.69) is 5.10 Å². The number of carbonyl (C=O) groups is 1. The van der Waals surface area contributed by atoms with E-state index in [1.807, 2.05) is 48.5 Å². The van der Waals surface area contributed by atoms with Crippen LogP contribution in [0.25, 0.3) is 34.0 Å². The number of fused-ring (bicyclic) bond motifs is 1. The first-order valence-corrected chi connectivity index (χ1v) is 11.1. The lowest BCUT2D eigenvalue weighted by Crippen LogP contribution is -2.04. The number of hydrogen-bond donors (Lipinski definition) is 0. The third kappa shape index (κ3) is 4.69. The molecule has 2 aromatic heterocycles. The van der Waals surface area contributed by atoms with Crippen LogP contribution in [0.4, 0.5) is 0 Å². The summed E-state index contributed by atoms with van der Waals surface area (Å²) < 4.78 is 12.4. The van der Waals surface area contributed by atoms with E-state index in [9.17, 15) is 9.59 Å². The molecule has 0 unspecified atom stereocenters. The summed E-state index contributed by atoms with van der Waals surface area (Å²) in [5, 5.41) is 14.1. The van der Waals surface area contributed by atoms with Crippen molar-refractivity contribution >= 4 is 22.8 Å². The van der Waals surface area contributed by atoms with E-state index in [0.717, 1.165) is 11.1 Å². The maximum atomic E-state index is 12.9. The van der Waals surface area contributed by atoms with Crippen LogP contribution in [0.1, 0.15) is 15.9 Å². The molecule has 7 heteroatoms. The Balaban J connectivity index is 1.53. The van der Waals surface area contributed by atoms with E-state index < -0.39 is 5.63 Å². The highest BCUT2D eigenvalue weighted by molar-refractivity contribution is 6.07. The molecule has 0 fully saturated rings. The Morgan fingerprint density at radius 1 is 1.03 bits per heavy atom. The molecule has 0 saturated carbocycles. The van der Waals surface area contributed by atoms with Crippen LogP contribution < -0.4 is 10.4 Å². The molecule has 2 heterocycles. The van der Waals surface area contributed by atoms with Crippen LogP contribution in [-0.4, -0.2) is 22.2 Å². The van der Waals surface area contributed by atoms with Crippen molar-refractivity contribution in [1.29, 1.82) is 5.26 Å². The smallest absolute Gasteiger partial charge is 0.345 e. The van der Waals surface area contributed by atoms with Crippen molar-refractivity contribution in [2.45, 2.75) is 0 Å². The van der Waals surface area contributed by atoms with E-state index in [0.29, 0.717) is 33.7 Å². The Morgan fingerprint density at radius 3 is 2.56 bits per heavy atom. The summed E-state index contributed by atoms with van der Waals surface area (Å²) in [4.78, 5) is 25.7. The molecule has 0 spiro atoms. The first kappa shape index (κ1) is 22.6. The highest BCUT2D eigenvalue weighted by Crippen LogP contribution is 2.26. The average molecular weight is 473 g/mol. The maximum absolute atomic E-state index is 12.9. The van der Waals surface area contributed by atoms with Crippen LogP contribution in [-0.2, 0) is 0 Å². The fourth-order valence-electron chi connectivity index (χ4n) is 3.75. The van der Waals surface area contributed by atoms with Gasteiger partial charge in [-0.1, -0.05) is 36.4 Å². The van der Waals surface area contributed by atoms with Gasteiger partial charge >= 0.3 is 5.63 Å². The summed E-state index contributed by atoms with van der Waals surface area (Å²) in [6.07, 6.45) is 4.84. The normalized spacial score (nSPS) is 11.0. The third-order valence-corrected chi connectivity index (χ3v) is 5.52. The zero-order valence-electron chi connectivity index (χ0n) is 19.0. The first-order chi connectivity index (χ1) is 17.6. The Bertz CT molecular complexity index is 1670. The van der Waals surface area contributed by atoms with E-state index >= 15 is 0 Å². The Labute approximate surface area is 206 Å². The van der Waals surface area contributed by atoms with Gasteiger partial charge in [-0.3, -0.25) is 4.79 Å². The van der Waals surface area contributed by atoms with Gasteiger partial charge < -0.3 is 9.15 Å². The number of ether oxygens (including phenoxy) is 1. The van der Waals surface area contributed by atoms with Gasteiger partial charge in [-0.25, -0.2) is 9.48 Å². The van der Waals surface area contributed by atoms with Gasteiger partial charge in [0.2, 0.25) is 0 Å². The summed E-state index contributed by atoms with van der Waals surface area (Å²) in [5.41, 5.74) is 2.53. The fourth-order valence-corrected chi connectivity index (χ4v) is 3.75. The number of para-hydroxylation sites is 2. The van der Waals surface area contributed by atoms with Crippen LogP contribution >= 0.6 is 0 Å². The van der Waals surface area contributed by atoms with Gasteiger partial charge in [0.05, 0.1) is 11.3 Å². The molecule has 36 heavy (non-hydrogen) atoms. The minimum Gasteiger partial charge on any atom is -0.479 e. The van der Waals surface area contributed by atoms with Crippen molar-refractivity contribution in [1.82, 2.24) is 9.78 Å². The summed E-state index contributed by atoms with van der Waals surface area (Å²) in [7, 11) is 0. The Kier molecular flexibility index (Phi) is 6.24. The molecule has 174 valence electrons. The monoisotopic (exact) mass is 473 g/mol. The first-order valence-electron chi connectivity index (χ1n) is 11.1. The van der Waals surface area contributed by atoms with Gasteiger partial charge in [0.15, 0.2) is 12.4 Å². The van der Waals surface area contributed by atoms with E-state index in [4.69, 9.17) is 14.4 Å². The number of ketones is 1. The quantitative estimate of drug-likeness (QED) is 0.177. The van der Waals surface area contributed by atoms with Gasteiger partial charge in [0.1, 0.15) is 23.1 Å². The summed E-state index contributed by atoms with van der Waals surface area (Å²) in [6, 6.07) is 26.9. The number of nitrogens with zero attached hydrogens (tertiary/aromatic N) is 3. The average Bonchev–Trinajstić information content (AvgIpc) is 3.35. The minimum atomic E-state index is -0.513. The Hall–Kier alpha value is -5.22. The van der Waals surface area contributed by atoms with Crippen molar-refractivity contribution in [2.75, 3.05) is 6.61 Å². The lowest BCUT2D eigenvalue weighted by atomic mass is 10.1. The molecule has 0 bridgehead atoms. The van der Waals surface area contributed by atoms with Crippen molar-refractivity contribution in [3.8, 4) is 28.8 Å². The molecule has 3 aromatic carbocycles. The molecule has 0 saturated heterocycles. The van der Waals surface area contributed by atoms with E-state index in [1.54, 1.807) is 59.4 Å². The van der Waals surface area contributed by atoms with Gasteiger partial charge in [-0.05, 0) is 60.7 Å². The summed E-state index contributed by atoms with van der Waals surface area (Å²) in [5.74, 6) is 0.275. The lowest BCUT2D eigenvalue weighted by molar-refractivity contribution is 0.104. The van der Waals surface area contributed by atoms with Gasteiger partial charge in [-0.2, -0.15) is 10.4 Å². The number of hydrogen-bond acceptors (Lipinski definition) is 6. The zero-order valence-corrected chi connectivity index (χ0v) is 19.0. The molecule has 0 aliphatic rings. The molecule has 5 rings (SSSR count). The van der Waals surface area contributed by atoms with Crippen LogP contribution in [0.2, 0.25) is 0 Å². The van der Waals surface area contributed by atoms with Crippen molar-refractivity contribution in [3.05, 3.63) is 119 Å². The summed E-state index contributed by atoms with van der Waals surface area (Å²) in [6.45, 7) is -0.0653. The number of rotatable bonds is 7. The minimum absolute atomic E-state index is 0.0653. The molecule has 0 aliphatic heterocycles. The predicted molar refractivity (Wildman–Crippen MR) is 136 cm³/mol. The predicted octanol–water partition coefficient (Wildman–Crippen LogP) is 5.44. The molecule has 0 N–H and O–H groups in total. The molecule has 0 aliphatic carbocycles. The SMILES string of the molecule is N#CCOc1ccc(C(=O)/C=C/c2cn(-c3ccccc3)nc2-c2cc3ccccc3oc2=O)cc1. The molecular weight excluding hydrogens is 454 g/mol. The Morgan fingerprint density at radius 2 is 1.78 bits per heavy atom. The van der Waals surface area contributed by atoms with Crippen molar-refractivity contribution in [2.24, 2.45) is 0 Å². The number of nitriles is 1. The molecule has 0 amide bonds. The zero-order chi connectivity index (χ0) is 24.9. The second kappa shape index (κ2) is 9.95. The van der Waals surface area contributed by atoms with Crippen LogP contribution in [0, 0.1) is 11.3 Å². The highest BCUT2D eigenvalue weighted by Gasteiger charge is 2.16. The second-order valence-electron chi connectivity index (χ2n) is 7.87. The number of allylic oxidation sites excluding steroid dienone is 1. The highest BCUT2D eigenvalue weighted by atomic mass is 16.5. The van der Waals surface area contributed by atoms with Crippen LogP contribution in [0.3, 0.4) is 0 Å². The summed E-state index contributed by atoms with van der Waals surface area (Å²) >= 11 is 0. The van der Waals surface area contributed by atoms with E-state index in [1.165, 1.54) is 6.08 Å². The maximum Gasteiger partial charge on any atom is 0.345 e. The van der Waals surface area contributed by atoms with Crippen molar-refractivity contribution in [3.63, 3.8) is 0 Å². The fraction of sp³-hybridized carbons (Fsp3) is 0.0345. The van der Waals surface area contributed by atoms with Gasteiger partial charge in [0, 0.05) is 22.7 Å². The van der Waals surface area contributed by atoms with Gasteiger partial charge in [-0.15, -0.1) is 0 Å². The molecule has 7 nitrogen and oxygen atoms in total. The topological polar surface area (TPSA) is 98.1 Å². The second-order valence-corrected chi connectivity index (χ2v) is 7.87. The number of benzene rings is 3.